The van der Waals surface area contributed by atoms with Gasteiger partial charge < -0.3 is 0 Å². The maximum Gasteiger partial charge on any atom is 0.163 e. The highest BCUT2D eigenvalue weighted by molar-refractivity contribution is 6.10. The largest absolute Gasteiger partial charge is 0.163 e. The van der Waals surface area contributed by atoms with E-state index in [9.17, 15) is 0 Å². The van der Waals surface area contributed by atoms with E-state index < -0.39 is 0 Å². The first-order chi connectivity index (χ1) is 6.66. The summed E-state index contributed by atoms with van der Waals surface area (Å²) in [5.74, 6) is 0. The molecular weight excluding hydrogens is 198 g/mol. The molecule has 0 N–H and O–H groups in total. The molecule has 0 fully saturated rings. The van der Waals surface area contributed by atoms with Crippen molar-refractivity contribution < 1.29 is 19.5 Å². The number of hydrogen-bond donors (Lipinski definition) is 0. The quantitative estimate of drug-likeness (QED) is 0.352. The normalized spacial score (nSPS) is 14.4. The predicted octanol–water partition coefficient (Wildman–Crippen LogP) is 1.56. The SMILES string of the molecule is CCO[N+](OCC)(OCC)C([Si])CC. The molecule has 0 saturated heterocycles. The molecule has 1 atom stereocenters. The van der Waals surface area contributed by atoms with Gasteiger partial charge in [0.05, 0.1) is 4.97 Å². The Labute approximate surface area is 90.0 Å². The molecule has 0 spiro atoms. The lowest BCUT2D eigenvalue weighted by molar-refractivity contribution is -1.37. The first-order valence-electron chi connectivity index (χ1n) is 5.20. The van der Waals surface area contributed by atoms with Gasteiger partial charge in [0.15, 0.2) is 5.67 Å². The third-order valence-corrected chi connectivity index (χ3v) is 2.42. The van der Waals surface area contributed by atoms with E-state index in [4.69, 9.17) is 14.5 Å². The van der Waals surface area contributed by atoms with E-state index in [1.54, 1.807) is 0 Å². The van der Waals surface area contributed by atoms with Crippen LogP contribution in [0.4, 0.5) is 0 Å². The molecule has 0 bridgehead atoms. The Bertz CT molecular complexity index is 129. The second-order valence-electron chi connectivity index (χ2n) is 2.72. The van der Waals surface area contributed by atoms with Gasteiger partial charge in [-0.3, -0.25) is 0 Å². The van der Waals surface area contributed by atoms with Gasteiger partial charge in [0, 0.05) is 6.42 Å². The Morgan fingerprint density at radius 3 is 1.50 bits per heavy atom. The van der Waals surface area contributed by atoms with Crippen molar-refractivity contribution in [2.45, 2.75) is 39.8 Å². The van der Waals surface area contributed by atoms with E-state index in [0.717, 1.165) is 6.42 Å². The molecule has 0 aliphatic rings. The van der Waals surface area contributed by atoms with Crippen molar-refractivity contribution in [2.75, 3.05) is 19.8 Å². The average molecular weight is 219 g/mol. The lowest BCUT2D eigenvalue weighted by Gasteiger charge is -2.32. The molecule has 3 radical (unpaired) electrons. The van der Waals surface area contributed by atoms with Crippen molar-refractivity contribution in [3.63, 3.8) is 0 Å². The van der Waals surface area contributed by atoms with E-state index in [1.165, 1.54) is 0 Å². The van der Waals surface area contributed by atoms with E-state index >= 15 is 0 Å². The van der Waals surface area contributed by atoms with Crippen molar-refractivity contribution in [1.29, 1.82) is 0 Å². The number of hydroxylamine groups is 3. The fourth-order valence-corrected chi connectivity index (χ4v) is 1.37. The van der Waals surface area contributed by atoms with Gasteiger partial charge in [-0.2, -0.15) is 0 Å². The predicted molar refractivity (Wildman–Crippen MR) is 55.0 cm³/mol. The second kappa shape index (κ2) is 7.36. The molecule has 1 unspecified atom stereocenters. The van der Waals surface area contributed by atoms with Crippen molar-refractivity contribution in [2.24, 2.45) is 0 Å². The van der Waals surface area contributed by atoms with Crippen LogP contribution >= 0.6 is 0 Å². The van der Waals surface area contributed by atoms with Crippen LogP contribution in [0.5, 0.6) is 0 Å². The summed E-state index contributed by atoms with van der Waals surface area (Å²) in [5, 5.41) is 0. The van der Waals surface area contributed by atoms with Gasteiger partial charge in [-0.1, -0.05) is 6.92 Å². The monoisotopic (exact) mass is 219 g/mol. The zero-order valence-electron chi connectivity index (χ0n) is 9.58. The molecule has 5 heteroatoms. The van der Waals surface area contributed by atoms with Gasteiger partial charge in [-0.25, -0.2) is 0 Å². The average Bonchev–Trinajstić information content (AvgIpc) is 2.17. The van der Waals surface area contributed by atoms with Gasteiger partial charge >= 0.3 is 0 Å². The number of nitrogens with zero attached hydrogens (tertiary/aromatic N) is 1. The third kappa shape index (κ3) is 3.66. The topological polar surface area (TPSA) is 27.7 Å². The maximum absolute atomic E-state index is 5.51. The molecule has 0 aromatic carbocycles. The van der Waals surface area contributed by atoms with Crippen LogP contribution in [0.2, 0.25) is 0 Å². The summed E-state index contributed by atoms with van der Waals surface area (Å²) in [6.45, 7) is 9.42. The minimum absolute atomic E-state index is 0.0187. The van der Waals surface area contributed by atoms with Crippen LogP contribution in [0.3, 0.4) is 0 Å². The molecule has 0 aliphatic heterocycles. The van der Waals surface area contributed by atoms with Gasteiger partial charge in [-0.05, 0) is 20.8 Å². The maximum atomic E-state index is 5.51. The van der Waals surface area contributed by atoms with Gasteiger partial charge in [0.2, 0.25) is 0 Å². The van der Waals surface area contributed by atoms with Crippen LogP contribution in [0, 0.1) is 0 Å². The smallest absolute Gasteiger partial charge is 0.132 e. The minimum Gasteiger partial charge on any atom is -0.132 e. The molecule has 0 heterocycles. The fourth-order valence-electron chi connectivity index (χ4n) is 1.15. The summed E-state index contributed by atoms with van der Waals surface area (Å²) in [6, 6.07) is 0. The van der Waals surface area contributed by atoms with E-state index in [1.807, 2.05) is 27.7 Å². The highest BCUT2D eigenvalue weighted by atomic mass is 28.1. The van der Waals surface area contributed by atoms with Crippen LogP contribution in [-0.2, 0) is 14.5 Å². The Hall–Kier alpha value is 0.0569. The lowest BCUT2D eigenvalue weighted by atomic mass is 10.5. The van der Waals surface area contributed by atoms with Gasteiger partial charge in [-0.15, -0.1) is 14.5 Å². The van der Waals surface area contributed by atoms with Crippen molar-refractivity contribution in [3.05, 3.63) is 0 Å². The number of quaternary nitrogens is 1. The Balaban J connectivity index is 4.53. The Kier molecular flexibility index (Phi) is 7.39. The molecular formula is C9H21NO3Si+. The van der Waals surface area contributed by atoms with Gasteiger partial charge in [0.25, 0.3) is 0 Å². The summed E-state index contributed by atoms with van der Waals surface area (Å²) in [4.78, 5) is 16.3. The number of hydrogen-bond acceptors (Lipinski definition) is 3. The van der Waals surface area contributed by atoms with Crippen molar-refractivity contribution >= 4 is 10.2 Å². The van der Waals surface area contributed by atoms with Crippen LogP contribution < -0.4 is 0 Å². The fraction of sp³-hybridized carbons (Fsp3) is 1.00. The molecule has 83 valence electrons. The zero-order valence-corrected chi connectivity index (χ0v) is 10.6. The van der Waals surface area contributed by atoms with Crippen LogP contribution in [0.1, 0.15) is 34.1 Å². The third-order valence-electron chi connectivity index (χ3n) is 1.70. The summed E-state index contributed by atoms with van der Waals surface area (Å²) < 4.78 is 0. The van der Waals surface area contributed by atoms with Crippen molar-refractivity contribution in [3.8, 4) is 0 Å². The van der Waals surface area contributed by atoms with Crippen molar-refractivity contribution in [1.82, 2.24) is 0 Å². The second-order valence-corrected chi connectivity index (χ2v) is 3.38. The van der Waals surface area contributed by atoms with Gasteiger partial charge in [0.1, 0.15) is 30.1 Å². The molecule has 0 aromatic rings. The molecule has 14 heavy (non-hydrogen) atoms. The Morgan fingerprint density at radius 2 is 1.29 bits per heavy atom. The Morgan fingerprint density at radius 1 is 0.929 bits per heavy atom. The highest BCUT2D eigenvalue weighted by Crippen LogP contribution is 2.18. The standard InChI is InChI=1S/C9H21NO3Si/c1-5-9(14)10(11-6-2,12-7-3)13-8-4/h9H,5-8H2,1-4H3/q+1. The molecule has 4 nitrogen and oxygen atoms in total. The highest BCUT2D eigenvalue weighted by Gasteiger charge is 2.39. The van der Waals surface area contributed by atoms with E-state index in [-0.39, 0.29) is 10.6 Å². The zero-order chi connectivity index (χ0) is 11.0. The van der Waals surface area contributed by atoms with E-state index in [2.05, 4.69) is 10.2 Å². The summed E-state index contributed by atoms with van der Waals surface area (Å²) >= 11 is 0. The summed E-state index contributed by atoms with van der Waals surface area (Å²) in [6.07, 6.45) is 0.858. The first kappa shape index (κ1) is 14.1. The lowest BCUT2D eigenvalue weighted by Crippen LogP contribution is -2.55. The first-order valence-corrected chi connectivity index (χ1v) is 5.77. The van der Waals surface area contributed by atoms with Crippen LogP contribution in [-0.4, -0.2) is 40.7 Å². The molecule has 0 rings (SSSR count). The van der Waals surface area contributed by atoms with E-state index in [0.29, 0.717) is 19.8 Å². The molecule has 0 aromatic heterocycles. The molecule has 0 saturated carbocycles. The van der Waals surface area contributed by atoms with Crippen LogP contribution in [0.15, 0.2) is 0 Å². The number of rotatable bonds is 8. The summed E-state index contributed by atoms with van der Waals surface area (Å²) in [5.41, 5.74) is -0.0187. The summed E-state index contributed by atoms with van der Waals surface area (Å²) in [7, 11) is 3.55. The van der Waals surface area contributed by atoms with Crippen LogP contribution in [0.25, 0.3) is 0 Å². The minimum atomic E-state index is -0.225. The molecule has 0 aliphatic carbocycles. The molecule has 0 amide bonds.